The van der Waals surface area contributed by atoms with Crippen LogP contribution in [0.4, 0.5) is 0 Å². The lowest BCUT2D eigenvalue weighted by molar-refractivity contribution is -0.137. The Morgan fingerprint density at radius 2 is 1.37 bits per heavy atom. The Morgan fingerprint density at radius 1 is 0.852 bits per heavy atom. The Kier molecular flexibility index (Phi) is 7.46. The summed E-state index contributed by atoms with van der Waals surface area (Å²) in [7, 11) is 0. The van der Waals surface area contributed by atoms with Crippen molar-refractivity contribution in [1.82, 2.24) is 4.90 Å². The molecule has 0 atom stereocenters. The Morgan fingerprint density at radius 3 is 1.85 bits per heavy atom. The molecule has 144 valence electrons. The standard InChI is InChI=1S/C24H31NO2/c26-24(27)13-7-12-20-14-16-23(17-15-20)25(18-21-8-3-1-4-9-21)19-22-10-5-2-6-11-22/h1-6,8-11,20,23H,7,12-19H2,(H,26,27). The second-order valence-electron chi connectivity index (χ2n) is 7.84. The minimum Gasteiger partial charge on any atom is -0.481 e. The number of nitrogens with zero attached hydrogens (tertiary/aromatic N) is 1. The van der Waals surface area contributed by atoms with E-state index < -0.39 is 5.97 Å². The minimum atomic E-state index is -0.666. The average Bonchev–Trinajstić information content (AvgIpc) is 2.69. The first-order valence-corrected chi connectivity index (χ1v) is 10.2. The molecule has 0 radical (unpaired) electrons. The Balaban J connectivity index is 1.58. The van der Waals surface area contributed by atoms with Gasteiger partial charge in [0, 0.05) is 25.6 Å². The van der Waals surface area contributed by atoms with Gasteiger partial charge in [0.05, 0.1) is 0 Å². The molecule has 1 aliphatic rings. The Labute approximate surface area is 163 Å². The second-order valence-corrected chi connectivity index (χ2v) is 7.84. The molecule has 3 nitrogen and oxygen atoms in total. The molecule has 1 N–H and O–H groups in total. The zero-order valence-electron chi connectivity index (χ0n) is 16.1. The van der Waals surface area contributed by atoms with E-state index >= 15 is 0 Å². The molecule has 0 aromatic heterocycles. The van der Waals surface area contributed by atoms with Gasteiger partial charge in [0.15, 0.2) is 0 Å². The SMILES string of the molecule is O=C(O)CCCC1CCC(N(Cc2ccccc2)Cc2ccccc2)CC1. The summed E-state index contributed by atoms with van der Waals surface area (Å²) in [4.78, 5) is 13.4. The summed E-state index contributed by atoms with van der Waals surface area (Å²) in [5.41, 5.74) is 2.74. The predicted molar refractivity (Wildman–Crippen MR) is 109 cm³/mol. The fraction of sp³-hybridized carbons (Fsp3) is 0.458. The van der Waals surface area contributed by atoms with Gasteiger partial charge in [-0.3, -0.25) is 9.69 Å². The highest BCUT2D eigenvalue weighted by molar-refractivity contribution is 5.66. The van der Waals surface area contributed by atoms with Crippen molar-refractivity contribution in [2.24, 2.45) is 5.92 Å². The summed E-state index contributed by atoms with van der Waals surface area (Å²) in [6.07, 6.45) is 7.09. The Bertz CT molecular complexity index is 637. The second kappa shape index (κ2) is 10.3. The lowest BCUT2D eigenvalue weighted by Gasteiger charge is -2.37. The molecule has 1 fully saturated rings. The van der Waals surface area contributed by atoms with Crippen LogP contribution in [-0.4, -0.2) is 22.0 Å². The molecule has 3 heteroatoms. The average molecular weight is 366 g/mol. The zero-order chi connectivity index (χ0) is 18.9. The molecule has 1 aliphatic carbocycles. The van der Waals surface area contributed by atoms with E-state index in [0.717, 1.165) is 25.9 Å². The lowest BCUT2D eigenvalue weighted by atomic mass is 9.82. The maximum Gasteiger partial charge on any atom is 0.303 e. The molecule has 1 saturated carbocycles. The smallest absolute Gasteiger partial charge is 0.303 e. The van der Waals surface area contributed by atoms with Crippen molar-refractivity contribution in [2.45, 2.75) is 64.1 Å². The number of hydrogen-bond acceptors (Lipinski definition) is 2. The van der Waals surface area contributed by atoms with Gasteiger partial charge in [-0.1, -0.05) is 60.7 Å². The van der Waals surface area contributed by atoms with E-state index in [1.807, 2.05) is 0 Å². The van der Waals surface area contributed by atoms with E-state index in [1.165, 1.54) is 36.8 Å². The summed E-state index contributed by atoms with van der Waals surface area (Å²) >= 11 is 0. The molecule has 3 rings (SSSR count). The highest BCUT2D eigenvalue weighted by Crippen LogP contribution is 2.32. The van der Waals surface area contributed by atoms with Gasteiger partial charge in [-0.15, -0.1) is 0 Å². The molecule has 0 heterocycles. The van der Waals surface area contributed by atoms with Crippen LogP contribution in [-0.2, 0) is 17.9 Å². The van der Waals surface area contributed by atoms with Crippen molar-refractivity contribution >= 4 is 5.97 Å². The summed E-state index contributed by atoms with van der Waals surface area (Å²) in [6.45, 7) is 1.98. The van der Waals surface area contributed by atoms with Crippen molar-refractivity contribution in [3.63, 3.8) is 0 Å². The molecule has 0 unspecified atom stereocenters. The monoisotopic (exact) mass is 365 g/mol. The van der Waals surface area contributed by atoms with Crippen LogP contribution in [0.1, 0.15) is 56.1 Å². The van der Waals surface area contributed by atoms with Crippen molar-refractivity contribution in [2.75, 3.05) is 0 Å². The molecule has 0 aliphatic heterocycles. The summed E-state index contributed by atoms with van der Waals surface area (Å²) < 4.78 is 0. The number of hydrogen-bond donors (Lipinski definition) is 1. The number of carboxylic acid groups (broad SMARTS) is 1. The molecule has 27 heavy (non-hydrogen) atoms. The van der Waals surface area contributed by atoms with E-state index in [1.54, 1.807) is 0 Å². The van der Waals surface area contributed by atoms with Crippen LogP contribution in [0.5, 0.6) is 0 Å². The number of rotatable bonds is 9. The van der Waals surface area contributed by atoms with Crippen LogP contribution in [0.2, 0.25) is 0 Å². The highest BCUT2D eigenvalue weighted by Gasteiger charge is 2.26. The van der Waals surface area contributed by atoms with Crippen LogP contribution in [0.15, 0.2) is 60.7 Å². The van der Waals surface area contributed by atoms with E-state index in [0.29, 0.717) is 18.4 Å². The van der Waals surface area contributed by atoms with E-state index in [9.17, 15) is 4.79 Å². The molecular weight excluding hydrogens is 334 g/mol. The van der Waals surface area contributed by atoms with Gasteiger partial charge in [-0.05, 0) is 55.6 Å². The number of carboxylic acids is 1. The van der Waals surface area contributed by atoms with E-state index in [-0.39, 0.29) is 0 Å². The molecule has 0 spiro atoms. The third-order valence-corrected chi connectivity index (χ3v) is 5.79. The van der Waals surface area contributed by atoms with Crippen LogP contribution < -0.4 is 0 Å². The zero-order valence-corrected chi connectivity index (χ0v) is 16.1. The maximum atomic E-state index is 10.7. The van der Waals surface area contributed by atoms with E-state index in [4.69, 9.17) is 5.11 Å². The predicted octanol–water partition coefficient (Wildman–Crippen LogP) is 5.50. The van der Waals surface area contributed by atoms with Crippen molar-refractivity contribution in [3.8, 4) is 0 Å². The first kappa shape index (κ1) is 19.6. The summed E-state index contributed by atoms with van der Waals surface area (Å²) in [5.74, 6) is 0.0384. The maximum absolute atomic E-state index is 10.7. The molecule has 2 aromatic rings. The summed E-state index contributed by atoms with van der Waals surface area (Å²) in [5, 5.41) is 8.83. The summed E-state index contributed by atoms with van der Waals surface area (Å²) in [6, 6.07) is 22.1. The van der Waals surface area contributed by atoms with Gasteiger partial charge in [-0.25, -0.2) is 0 Å². The largest absolute Gasteiger partial charge is 0.481 e. The first-order chi connectivity index (χ1) is 13.2. The lowest BCUT2D eigenvalue weighted by Crippen LogP contribution is -2.37. The van der Waals surface area contributed by atoms with E-state index in [2.05, 4.69) is 65.6 Å². The van der Waals surface area contributed by atoms with Crippen molar-refractivity contribution in [3.05, 3.63) is 71.8 Å². The molecule has 0 amide bonds. The Hall–Kier alpha value is -2.13. The van der Waals surface area contributed by atoms with Gasteiger partial charge < -0.3 is 5.11 Å². The molecule has 2 aromatic carbocycles. The topological polar surface area (TPSA) is 40.5 Å². The fourth-order valence-corrected chi connectivity index (χ4v) is 4.29. The van der Waals surface area contributed by atoms with Crippen LogP contribution >= 0.6 is 0 Å². The quantitative estimate of drug-likeness (QED) is 0.637. The fourth-order valence-electron chi connectivity index (χ4n) is 4.29. The van der Waals surface area contributed by atoms with Crippen molar-refractivity contribution < 1.29 is 9.90 Å². The van der Waals surface area contributed by atoms with Crippen molar-refractivity contribution in [1.29, 1.82) is 0 Å². The number of carbonyl (C=O) groups is 1. The molecule has 0 saturated heterocycles. The van der Waals surface area contributed by atoms with Gasteiger partial charge in [0.2, 0.25) is 0 Å². The highest BCUT2D eigenvalue weighted by atomic mass is 16.4. The third-order valence-electron chi connectivity index (χ3n) is 5.79. The van der Waals surface area contributed by atoms with Crippen LogP contribution in [0, 0.1) is 5.92 Å². The number of benzene rings is 2. The van der Waals surface area contributed by atoms with Gasteiger partial charge >= 0.3 is 5.97 Å². The normalized spacial score (nSPS) is 19.9. The number of aliphatic carboxylic acids is 1. The first-order valence-electron chi connectivity index (χ1n) is 10.2. The van der Waals surface area contributed by atoms with Crippen LogP contribution in [0.25, 0.3) is 0 Å². The van der Waals surface area contributed by atoms with Gasteiger partial charge in [-0.2, -0.15) is 0 Å². The molecule has 0 bridgehead atoms. The van der Waals surface area contributed by atoms with Gasteiger partial charge in [0.25, 0.3) is 0 Å². The molecular formula is C24H31NO2. The third kappa shape index (κ3) is 6.51. The van der Waals surface area contributed by atoms with Crippen LogP contribution in [0.3, 0.4) is 0 Å². The van der Waals surface area contributed by atoms with Gasteiger partial charge in [0.1, 0.15) is 0 Å². The minimum absolute atomic E-state index is 0.314.